The van der Waals surface area contributed by atoms with E-state index in [-0.39, 0.29) is 41.3 Å². The summed E-state index contributed by atoms with van der Waals surface area (Å²) < 4.78 is 0. The Morgan fingerprint density at radius 1 is 1.07 bits per heavy atom. The predicted octanol–water partition coefficient (Wildman–Crippen LogP) is 5.11. The number of hydrogen-bond acceptors (Lipinski definition) is 3. The highest BCUT2D eigenvalue weighted by atomic mass is 16.4. The van der Waals surface area contributed by atoms with E-state index in [0.717, 1.165) is 25.7 Å². The zero-order chi connectivity index (χ0) is 21.8. The van der Waals surface area contributed by atoms with Crippen LogP contribution < -0.4 is 0 Å². The molecule has 4 nitrogen and oxygen atoms in total. The summed E-state index contributed by atoms with van der Waals surface area (Å²) in [5.74, 6) is 1.84. The van der Waals surface area contributed by atoms with Gasteiger partial charge in [0.05, 0.1) is 12.2 Å². The standard InChI is InChI=1S/C26H44O4/c1-5-16-18-8-6-7-13-25(18,3)23-20(27)14-26(4)17(15(2)9-12-21(28)29)10-11-19(26)22(23)24(16)30/h15-20,22-24,27,30H,5-14H2,1-4H3,(H,28,29)/t15-,16-,17-,18+,19+,20+,22+,23+,24-,25+,26-/m1/s1. The molecule has 4 heteroatoms. The van der Waals surface area contributed by atoms with E-state index in [4.69, 9.17) is 5.11 Å². The average Bonchev–Trinajstić information content (AvgIpc) is 3.02. The second kappa shape index (κ2) is 8.06. The van der Waals surface area contributed by atoms with Crippen molar-refractivity contribution in [1.29, 1.82) is 0 Å². The largest absolute Gasteiger partial charge is 0.481 e. The molecule has 0 spiro atoms. The topological polar surface area (TPSA) is 77.8 Å². The smallest absolute Gasteiger partial charge is 0.303 e. The zero-order valence-electron chi connectivity index (χ0n) is 19.5. The molecule has 11 atom stereocenters. The van der Waals surface area contributed by atoms with Gasteiger partial charge in [0.25, 0.3) is 0 Å². The first-order chi connectivity index (χ1) is 14.1. The molecular weight excluding hydrogens is 376 g/mol. The van der Waals surface area contributed by atoms with Gasteiger partial charge in [-0.1, -0.05) is 47.0 Å². The van der Waals surface area contributed by atoms with Crippen molar-refractivity contribution in [2.75, 3.05) is 0 Å². The fourth-order valence-electron chi connectivity index (χ4n) is 9.68. The van der Waals surface area contributed by atoms with Gasteiger partial charge < -0.3 is 15.3 Å². The van der Waals surface area contributed by atoms with E-state index in [2.05, 4.69) is 27.7 Å². The molecule has 0 heterocycles. The summed E-state index contributed by atoms with van der Waals surface area (Å²) in [6, 6.07) is 0. The molecule has 0 radical (unpaired) electrons. The third kappa shape index (κ3) is 3.27. The molecule has 0 saturated heterocycles. The van der Waals surface area contributed by atoms with Gasteiger partial charge in [-0.2, -0.15) is 0 Å². The Balaban J connectivity index is 1.66. The maximum atomic E-state index is 11.7. The predicted molar refractivity (Wildman–Crippen MR) is 118 cm³/mol. The number of aliphatic carboxylic acids is 1. The monoisotopic (exact) mass is 420 g/mol. The van der Waals surface area contributed by atoms with Crippen molar-refractivity contribution in [3.63, 3.8) is 0 Å². The van der Waals surface area contributed by atoms with Crippen molar-refractivity contribution in [3.05, 3.63) is 0 Å². The molecule has 0 bridgehead atoms. The second-order valence-electron chi connectivity index (χ2n) is 12.0. The van der Waals surface area contributed by atoms with Gasteiger partial charge in [0.1, 0.15) is 0 Å². The summed E-state index contributed by atoms with van der Waals surface area (Å²) in [4.78, 5) is 11.1. The molecule has 3 N–H and O–H groups in total. The van der Waals surface area contributed by atoms with Crippen molar-refractivity contribution >= 4 is 5.97 Å². The molecule has 0 aromatic heterocycles. The van der Waals surface area contributed by atoms with Gasteiger partial charge in [0.2, 0.25) is 0 Å². The van der Waals surface area contributed by atoms with Crippen LogP contribution in [0.1, 0.15) is 91.9 Å². The van der Waals surface area contributed by atoms with E-state index in [0.29, 0.717) is 36.0 Å². The van der Waals surface area contributed by atoms with Gasteiger partial charge in [0.15, 0.2) is 0 Å². The molecule has 172 valence electrons. The molecular formula is C26H44O4. The molecule has 0 unspecified atom stereocenters. The lowest BCUT2D eigenvalue weighted by Gasteiger charge is -2.65. The van der Waals surface area contributed by atoms with Crippen LogP contribution in [0.2, 0.25) is 0 Å². The third-order valence-electron chi connectivity index (χ3n) is 10.8. The van der Waals surface area contributed by atoms with Crippen LogP contribution in [0.5, 0.6) is 0 Å². The summed E-state index contributed by atoms with van der Waals surface area (Å²) in [6.07, 6.45) is 9.31. The fourth-order valence-corrected chi connectivity index (χ4v) is 9.68. The van der Waals surface area contributed by atoms with Crippen molar-refractivity contribution < 1.29 is 20.1 Å². The first kappa shape index (κ1) is 22.6. The first-order valence-corrected chi connectivity index (χ1v) is 12.7. The third-order valence-corrected chi connectivity index (χ3v) is 10.8. The summed E-state index contributed by atoms with van der Waals surface area (Å²) in [5, 5.41) is 32.5. The molecule has 4 aliphatic carbocycles. The van der Waals surface area contributed by atoms with Crippen LogP contribution in [0.25, 0.3) is 0 Å². The van der Waals surface area contributed by atoms with Crippen molar-refractivity contribution in [2.45, 2.75) is 104 Å². The van der Waals surface area contributed by atoms with Crippen molar-refractivity contribution in [3.8, 4) is 0 Å². The van der Waals surface area contributed by atoms with Gasteiger partial charge in [0, 0.05) is 6.42 Å². The number of aliphatic hydroxyl groups is 2. The van der Waals surface area contributed by atoms with Crippen LogP contribution in [0, 0.1) is 52.3 Å². The highest BCUT2D eigenvalue weighted by molar-refractivity contribution is 5.66. The minimum absolute atomic E-state index is 0.00956. The minimum atomic E-state index is -0.713. The molecule has 4 aliphatic rings. The Kier molecular flexibility index (Phi) is 6.07. The van der Waals surface area contributed by atoms with Gasteiger partial charge in [-0.3, -0.25) is 4.79 Å². The number of carboxylic acids is 1. The van der Waals surface area contributed by atoms with Crippen LogP contribution in [0.15, 0.2) is 0 Å². The summed E-state index contributed by atoms with van der Waals surface area (Å²) in [5.41, 5.74) is 0.159. The Labute approximate surface area is 182 Å². The van der Waals surface area contributed by atoms with Crippen LogP contribution in [-0.4, -0.2) is 33.5 Å². The maximum Gasteiger partial charge on any atom is 0.303 e. The molecule has 0 aromatic carbocycles. The van der Waals surface area contributed by atoms with E-state index in [1.807, 2.05) is 0 Å². The highest BCUT2D eigenvalue weighted by Gasteiger charge is 2.66. The van der Waals surface area contributed by atoms with Crippen LogP contribution >= 0.6 is 0 Å². The van der Waals surface area contributed by atoms with E-state index in [9.17, 15) is 15.0 Å². The quantitative estimate of drug-likeness (QED) is 0.577. The highest BCUT2D eigenvalue weighted by Crippen LogP contribution is 2.69. The summed E-state index contributed by atoms with van der Waals surface area (Å²) in [7, 11) is 0. The molecule has 4 saturated carbocycles. The Morgan fingerprint density at radius 3 is 2.47 bits per heavy atom. The normalized spacial score (nSPS) is 51.5. The maximum absolute atomic E-state index is 11.7. The van der Waals surface area contributed by atoms with Crippen molar-refractivity contribution in [1.82, 2.24) is 0 Å². The Bertz CT molecular complexity index is 649. The van der Waals surface area contributed by atoms with Crippen LogP contribution in [0.4, 0.5) is 0 Å². The van der Waals surface area contributed by atoms with E-state index in [1.54, 1.807) is 0 Å². The van der Waals surface area contributed by atoms with E-state index >= 15 is 0 Å². The number of carbonyl (C=O) groups is 1. The Hall–Kier alpha value is -0.610. The molecule has 4 rings (SSSR count). The average molecular weight is 421 g/mol. The van der Waals surface area contributed by atoms with Gasteiger partial charge in [-0.25, -0.2) is 0 Å². The minimum Gasteiger partial charge on any atom is -0.481 e. The van der Waals surface area contributed by atoms with E-state index in [1.165, 1.54) is 25.7 Å². The van der Waals surface area contributed by atoms with Gasteiger partial charge in [-0.15, -0.1) is 0 Å². The summed E-state index contributed by atoms with van der Waals surface area (Å²) >= 11 is 0. The zero-order valence-corrected chi connectivity index (χ0v) is 19.5. The number of hydrogen-bond donors (Lipinski definition) is 3. The first-order valence-electron chi connectivity index (χ1n) is 12.7. The SMILES string of the molecule is CC[C@H]1[C@@H](O)[C@@H]2[C@H]([C@@H](O)C[C@]3(C)[C@@H]([C@H](C)CCC(=O)O)CC[C@@H]23)[C@@]2(C)CCCC[C@@H]12. The molecule has 0 aliphatic heterocycles. The molecule has 0 amide bonds. The summed E-state index contributed by atoms with van der Waals surface area (Å²) in [6.45, 7) is 9.25. The van der Waals surface area contributed by atoms with Gasteiger partial charge >= 0.3 is 5.97 Å². The number of fused-ring (bicyclic) bond motifs is 5. The molecule has 30 heavy (non-hydrogen) atoms. The Morgan fingerprint density at radius 2 is 1.80 bits per heavy atom. The van der Waals surface area contributed by atoms with Gasteiger partial charge in [-0.05, 0) is 90.8 Å². The lowest BCUT2D eigenvalue weighted by molar-refractivity contribution is -0.229. The fraction of sp³-hybridized carbons (Fsp3) is 0.962. The lowest BCUT2D eigenvalue weighted by Crippen LogP contribution is -2.65. The van der Waals surface area contributed by atoms with Crippen LogP contribution in [0.3, 0.4) is 0 Å². The number of aliphatic hydroxyl groups excluding tert-OH is 2. The van der Waals surface area contributed by atoms with E-state index < -0.39 is 5.97 Å². The molecule has 4 fully saturated rings. The number of carboxylic acid groups (broad SMARTS) is 1. The number of rotatable bonds is 5. The second-order valence-corrected chi connectivity index (χ2v) is 12.0. The van der Waals surface area contributed by atoms with Crippen molar-refractivity contribution in [2.24, 2.45) is 52.3 Å². The molecule has 0 aromatic rings. The van der Waals surface area contributed by atoms with Crippen LogP contribution in [-0.2, 0) is 4.79 Å². The lowest BCUT2D eigenvalue weighted by atomic mass is 9.41.